The third kappa shape index (κ3) is 7.36. The average molecular weight is 332 g/mol. The average Bonchev–Trinajstić information content (AvgIpc) is 2.41. The molecule has 0 spiro atoms. The maximum atomic E-state index is 11.2. The van der Waals surface area contributed by atoms with Gasteiger partial charge in [-0.2, -0.15) is 0 Å². The van der Waals surface area contributed by atoms with Crippen LogP contribution in [0.4, 0.5) is 0 Å². The second kappa shape index (κ2) is 10.1. The fourth-order valence-corrected chi connectivity index (χ4v) is 1.89. The van der Waals surface area contributed by atoms with Crippen molar-refractivity contribution in [3.8, 4) is 11.5 Å². The van der Waals surface area contributed by atoms with Gasteiger partial charge in [-0.05, 0) is 31.9 Å². The minimum atomic E-state index is -1.07. The molecule has 9 heteroatoms. The summed E-state index contributed by atoms with van der Waals surface area (Å²) >= 11 is 0. The zero-order chi connectivity index (χ0) is 16.7. The van der Waals surface area contributed by atoms with Gasteiger partial charge in [0.15, 0.2) is 5.96 Å². The molecule has 0 heterocycles. The first-order valence-corrected chi connectivity index (χ1v) is 6.68. The van der Waals surface area contributed by atoms with Crippen LogP contribution in [-0.2, 0) is 4.79 Å². The summed E-state index contributed by atoms with van der Waals surface area (Å²) < 4.78 is 0. The Labute approximate surface area is 156 Å². The molecule has 0 saturated carbocycles. The second-order valence-electron chi connectivity index (χ2n) is 4.75. The minimum absolute atomic E-state index is 0. The number of phenolic OH excluding ortho intramolecular Hbond substituents is 2. The number of hydrogen-bond acceptors (Lipinski definition) is 5. The summed E-state index contributed by atoms with van der Waals surface area (Å²) in [5.74, 6) is -1.48. The molecule has 122 valence electrons. The number of aromatic hydroxyl groups is 2. The first-order chi connectivity index (χ1) is 10.3. The molecule has 1 rings (SSSR count). The van der Waals surface area contributed by atoms with E-state index in [-0.39, 0.29) is 53.4 Å². The summed E-state index contributed by atoms with van der Waals surface area (Å²) in [6, 6.07) is 3.07. The number of aliphatic carboxylic acids is 1. The van der Waals surface area contributed by atoms with Gasteiger partial charge in [0.2, 0.25) is 0 Å². The summed E-state index contributed by atoms with van der Waals surface area (Å²) in [5.41, 5.74) is 5.87. The number of hydrogen-bond donors (Lipinski definition) is 6. The van der Waals surface area contributed by atoms with E-state index >= 15 is 0 Å². The summed E-state index contributed by atoms with van der Waals surface area (Å²) in [6.45, 7) is 1.98. The van der Waals surface area contributed by atoms with E-state index in [1.807, 2.05) is 0 Å². The molecule has 0 aliphatic carbocycles. The van der Waals surface area contributed by atoms with E-state index < -0.39 is 12.0 Å². The molecule has 23 heavy (non-hydrogen) atoms. The van der Waals surface area contributed by atoms with Crippen molar-refractivity contribution < 1.29 is 20.1 Å². The first kappa shape index (κ1) is 21.2. The van der Waals surface area contributed by atoms with Gasteiger partial charge < -0.3 is 26.4 Å². The Morgan fingerprint density at radius 3 is 2.61 bits per heavy atom. The number of carboxylic acid groups (broad SMARTS) is 1. The fourth-order valence-electron chi connectivity index (χ4n) is 1.89. The number of nitrogens with one attached hydrogen (secondary N) is 2. The van der Waals surface area contributed by atoms with Gasteiger partial charge in [0.1, 0.15) is 17.5 Å². The molecule has 1 unspecified atom stereocenters. The molecule has 7 N–H and O–H groups in total. The normalized spacial score (nSPS) is 12.1. The van der Waals surface area contributed by atoms with Gasteiger partial charge in [0.05, 0.1) is 0 Å². The Morgan fingerprint density at radius 2 is 2.09 bits per heavy atom. The Hall–Kier alpha value is -1.77. The predicted octanol–water partition coefficient (Wildman–Crippen LogP) is -0.0252. The number of phenols is 2. The van der Waals surface area contributed by atoms with E-state index in [1.165, 1.54) is 18.2 Å². The van der Waals surface area contributed by atoms with Crippen molar-refractivity contribution in [1.29, 1.82) is 5.41 Å². The zero-order valence-electron chi connectivity index (χ0n) is 12.2. The van der Waals surface area contributed by atoms with Gasteiger partial charge in [-0.25, -0.2) is 4.79 Å². The summed E-state index contributed by atoms with van der Waals surface area (Å²) in [6.07, 6.45) is 0.751. The van der Waals surface area contributed by atoms with Crippen molar-refractivity contribution >= 4 is 47.2 Å². The van der Waals surface area contributed by atoms with Crippen molar-refractivity contribution in [3.63, 3.8) is 0 Å². The van der Waals surface area contributed by atoms with Gasteiger partial charge >= 0.3 is 35.5 Å². The molecule has 1 atom stereocenters. The van der Waals surface area contributed by atoms with Gasteiger partial charge in [-0.1, -0.05) is 0 Å². The van der Waals surface area contributed by atoms with Gasteiger partial charge in [-0.3, -0.25) is 10.4 Å². The summed E-state index contributed by atoms with van der Waals surface area (Å²) in [7, 11) is 0. The number of nitrogens with zero attached hydrogens (tertiary/aromatic N) is 1. The number of nitrogens with two attached hydrogens (primary N) is 1. The Bertz CT molecular complexity index is 592. The molecule has 0 radical (unpaired) electrons. The molecular weight excluding hydrogens is 311 g/mol. The van der Waals surface area contributed by atoms with Crippen LogP contribution in [0, 0.1) is 5.41 Å². The molecular formula is C14H21N4NaO4. The fraction of sp³-hybridized carbons (Fsp3) is 0.357. The molecule has 0 aliphatic heterocycles. The van der Waals surface area contributed by atoms with Crippen LogP contribution in [0.1, 0.15) is 25.3 Å². The Morgan fingerprint density at radius 1 is 1.43 bits per heavy atom. The molecule has 0 saturated heterocycles. The van der Waals surface area contributed by atoms with E-state index in [0.29, 0.717) is 24.2 Å². The number of carbonyl (C=O) groups is 1. The van der Waals surface area contributed by atoms with Crippen molar-refractivity contribution in [3.05, 3.63) is 23.8 Å². The SMILES string of the molecule is C/C(=N\C(CCCNC(=N)N)C(=O)O)c1ccc(O)cc1O.[NaH]. The van der Waals surface area contributed by atoms with Crippen LogP contribution in [0.5, 0.6) is 11.5 Å². The Balaban J connectivity index is 0.00000484. The van der Waals surface area contributed by atoms with E-state index in [1.54, 1.807) is 6.92 Å². The number of benzene rings is 1. The number of carboxylic acids is 1. The molecule has 0 aliphatic rings. The second-order valence-corrected chi connectivity index (χ2v) is 4.75. The standard InChI is InChI=1S/C14H20N4O4.Na.H/c1-8(10-5-4-9(19)7-12(10)20)18-11(13(21)22)3-2-6-17-14(15)16;;/h4-5,7,11,19-20H,2-3,6H2,1H3,(H,21,22)(H4,15,16,17);;/b18-8+;;. The summed E-state index contributed by atoms with van der Waals surface area (Å²) in [4.78, 5) is 15.4. The molecule has 0 aromatic heterocycles. The van der Waals surface area contributed by atoms with Crippen molar-refractivity contribution in [1.82, 2.24) is 5.32 Å². The topological polar surface area (TPSA) is 152 Å². The van der Waals surface area contributed by atoms with E-state index in [9.17, 15) is 20.1 Å². The molecule has 0 fully saturated rings. The van der Waals surface area contributed by atoms with Crippen LogP contribution in [-0.4, -0.2) is 75.1 Å². The molecule has 1 aromatic carbocycles. The van der Waals surface area contributed by atoms with Crippen LogP contribution in [0.25, 0.3) is 0 Å². The predicted molar refractivity (Wildman–Crippen MR) is 89.7 cm³/mol. The number of rotatable bonds is 7. The molecule has 8 nitrogen and oxygen atoms in total. The van der Waals surface area contributed by atoms with Crippen LogP contribution in [0.15, 0.2) is 23.2 Å². The van der Waals surface area contributed by atoms with Crippen LogP contribution < -0.4 is 11.1 Å². The number of aliphatic imine (C=N–C) groups is 1. The van der Waals surface area contributed by atoms with Gasteiger partial charge in [-0.15, -0.1) is 0 Å². The van der Waals surface area contributed by atoms with E-state index in [4.69, 9.17) is 11.1 Å². The van der Waals surface area contributed by atoms with E-state index in [0.717, 1.165) is 0 Å². The summed E-state index contributed by atoms with van der Waals surface area (Å²) in [5, 5.41) is 37.8. The third-order valence-electron chi connectivity index (χ3n) is 2.98. The number of guanidine groups is 1. The van der Waals surface area contributed by atoms with Crippen molar-refractivity contribution in [2.45, 2.75) is 25.8 Å². The zero-order valence-corrected chi connectivity index (χ0v) is 12.2. The third-order valence-corrected chi connectivity index (χ3v) is 2.98. The van der Waals surface area contributed by atoms with Crippen molar-refractivity contribution in [2.24, 2.45) is 10.7 Å². The first-order valence-electron chi connectivity index (χ1n) is 6.68. The molecule has 0 amide bonds. The monoisotopic (exact) mass is 332 g/mol. The molecule has 1 aromatic rings. The quantitative estimate of drug-likeness (QED) is 0.178. The molecule has 0 bridgehead atoms. The van der Waals surface area contributed by atoms with Gasteiger partial charge in [0, 0.05) is 23.9 Å². The van der Waals surface area contributed by atoms with Gasteiger partial charge in [0.25, 0.3) is 0 Å². The van der Waals surface area contributed by atoms with E-state index in [2.05, 4.69) is 10.3 Å². The Kier molecular flexibility index (Phi) is 9.31. The van der Waals surface area contributed by atoms with Crippen LogP contribution >= 0.6 is 0 Å². The van der Waals surface area contributed by atoms with Crippen LogP contribution in [0.3, 0.4) is 0 Å². The van der Waals surface area contributed by atoms with Crippen LogP contribution in [0.2, 0.25) is 0 Å². The van der Waals surface area contributed by atoms with Crippen molar-refractivity contribution in [2.75, 3.05) is 6.54 Å². The maximum absolute atomic E-state index is 11.2.